The number of ether oxygens (including phenoxy) is 1. The summed E-state index contributed by atoms with van der Waals surface area (Å²) in [6, 6.07) is 6.11. The fraction of sp³-hybridized carbons (Fsp3) is 0.333. The normalized spacial score (nSPS) is 16.2. The van der Waals surface area contributed by atoms with Gasteiger partial charge in [-0.25, -0.2) is 9.48 Å². The molecular formula is C15H15N7O4. The van der Waals surface area contributed by atoms with Gasteiger partial charge in [0.25, 0.3) is 5.91 Å². The molecule has 1 aromatic heterocycles. The number of anilines is 1. The van der Waals surface area contributed by atoms with Crippen LogP contribution in [-0.2, 0) is 11.3 Å². The van der Waals surface area contributed by atoms with Gasteiger partial charge in [-0.15, -0.1) is 5.10 Å². The van der Waals surface area contributed by atoms with E-state index in [1.165, 1.54) is 16.6 Å². The van der Waals surface area contributed by atoms with E-state index in [1.807, 2.05) is 6.07 Å². The molecule has 26 heavy (non-hydrogen) atoms. The largest absolute Gasteiger partial charge is 0.489 e. The van der Waals surface area contributed by atoms with Crippen LogP contribution in [0.25, 0.3) is 11.4 Å². The second-order valence-corrected chi connectivity index (χ2v) is 5.53. The molecule has 2 N–H and O–H groups in total. The van der Waals surface area contributed by atoms with Crippen molar-refractivity contribution in [3.63, 3.8) is 0 Å². The fourth-order valence-electron chi connectivity index (χ4n) is 2.61. The highest BCUT2D eigenvalue weighted by atomic mass is 16.5. The highest BCUT2D eigenvalue weighted by molar-refractivity contribution is 6.00. The third kappa shape index (κ3) is 3.25. The summed E-state index contributed by atoms with van der Waals surface area (Å²) in [7, 11) is 1.54. The first kappa shape index (κ1) is 17.2. The number of carboxylic acid groups (broad SMARTS) is 1. The molecule has 1 unspecified atom stereocenters. The van der Waals surface area contributed by atoms with Gasteiger partial charge < -0.3 is 20.1 Å². The minimum atomic E-state index is -1.30. The molecule has 2 amide bonds. The molecule has 0 bridgehead atoms. The van der Waals surface area contributed by atoms with Gasteiger partial charge in [-0.3, -0.25) is 4.79 Å². The first-order valence-corrected chi connectivity index (χ1v) is 7.68. The third-order valence-corrected chi connectivity index (χ3v) is 3.88. The van der Waals surface area contributed by atoms with Crippen LogP contribution in [0.15, 0.2) is 18.2 Å². The van der Waals surface area contributed by atoms with Crippen molar-refractivity contribution in [2.45, 2.75) is 19.0 Å². The third-order valence-electron chi connectivity index (χ3n) is 3.88. The van der Waals surface area contributed by atoms with Crippen molar-refractivity contribution in [1.82, 2.24) is 25.5 Å². The lowest BCUT2D eigenvalue weighted by atomic mass is 10.1. The van der Waals surface area contributed by atoms with E-state index in [9.17, 15) is 9.59 Å². The summed E-state index contributed by atoms with van der Waals surface area (Å²) in [4.78, 5) is 24.7. The lowest BCUT2D eigenvalue weighted by molar-refractivity contribution is -0.120. The standard InChI is InChI=1S/C15H15N7O4/c1-21-11-7-9(13-18-19-20-22(13)6-2-5-16)3-4-12(11)26-8-10(14(21)23)17-15(24)25/h3-4,7,10,17H,2,6,8H2,1H3,(H,24,25). The topological polar surface area (TPSA) is 146 Å². The summed E-state index contributed by atoms with van der Waals surface area (Å²) in [6.07, 6.45) is -1.05. The second-order valence-electron chi connectivity index (χ2n) is 5.53. The van der Waals surface area contributed by atoms with Crippen molar-refractivity contribution in [2.24, 2.45) is 0 Å². The summed E-state index contributed by atoms with van der Waals surface area (Å²) in [5, 5.41) is 31.2. The van der Waals surface area contributed by atoms with Gasteiger partial charge in [0.2, 0.25) is 0 Å². The molecule has 0 saturated heterocycles. The maximum absolute atomic E-state index is 12.5. The number of nitriles is 1. The Hall–Kier alpha value is -3.68. The number of aromatic nitrogens is 4. The second kappa shape index (κ2) is 7.06. The predicted octanol–water partition coefficient (Wildman–Crippen LogP) is 0.245. The highest BCUT2D eigenvalue weighted by Crippen LogP contribution is 2.34. The van der Waals surface area contributed by atoms with Gasteiger partial charge in [-0.2, -0.15) is 5.26 Å². The summed E-state index contributed by atoms with van der Waals surface area (Å²) in [5.74, 6) is 0.455. The molecule has 11 nitrogen and oxygen atoms in total. The van der Waals surface area contributed by atoms with Crippen LogP contribution in [0.3, 0.4) is 0 Å². The number of aryl methyl sites for hydroxylation is 1. The minimum Gasteiger partial charge on any atom is -0.489 e. The number of fused-ring (bicyclic) bond motifs is 1. The summed E-state index contributed by atoms with van der Waals surface area (Å²) < 4.78 is 7.08. The summed E-state index contributed by atoms with van der Waals surface area (Å²) in [6.45, 7) is 0.230. The number of carbonyl (C=O) groups is 2. The Bertz CT molecular complexity index is 888. The molecule has 0 spiro atoms. The molecule has 0 fully saturated rings. The minimum absolute atomic E-state index is 0.109. The van der Waals surface area contributed by atoms with E-state index in [0.29, 0.717) is 29.4 Å². The van der Waals surface area contributed by atoms with Crippen molar-refractivity contribution < 1.29 is 19.4 Å². The summed E-state index contributed by atoms with van der Waals surface area (Å²) >= 11 is 0. The average molecular weight is 357 g/mol. The van der Waals surface area contributed by atoms with Gasteiger partial charge in [0.15, 0.2) is 5.82 Å². The number of carbonyl (C=O) groups excluding carboxylic acids is 1. The quantitative estimate of drug-likeness (QED) is 0.791. The molecule has 134 valence electrons. The van der Waals surface area contributed by atoms with Crippen molar-refractivity contribution >= 4 is 17.7 Å². The van der Waals surface area contributed by atoms with E-state index in [2.05, 4.69) is 20.8 Å². The van der Waals surface area contributed by atoms with E-state index in [-0.39, 0.29) is 13.0 Å². The Morgan fingerprint density at radius 1 is 1.54 bits per heavy atom. The van der Waals surface area contributed by atoms with Crippen LogP contribution >= 0.6 is 0 Å². The van der Waals surface area contributed by atoms with Gasteiger partial charge in [-0.05, 0) is 28.6 Å². The Morgan fingerprint density at radius 2 is 2.35 bits per heavy atom. The van der Waals surface area contributed by atoms with E-state index < -0.39 is 18.0 Å². The van der Waals surface area contributed by atoms with E-state index in [1.54, 1.807) is 18.2 Å². The first-order chi connectivity index (χ1) is 12.5. The van der Waals surface area contributed by atoms with Crippen LogP contribution in [0.1, 0.15) is 6.42 Å². The molecule has 2 heterocycles. The molecule has 0 radical (unpaired) electrons. The van der Waals surface area contributed by atoms with Crippen molar-refractivity contribution in [1.29, 1.82) is 5.26 Å². The SMILES string of the molecule is CN1C(=O)C(NC(=O)O)COc2ccc(-c3nnnn3CCC#N)cc21. The van der Waals surface area contributed by atoms with E-state index in [0.717, 1.165) is 0 Å². The van der Waals surface area contributed by atoms with Crippen LogP contribution in [0.5, 0.6) is 5.75 Å². The number of tetrazole rings is 1. The molecule has 11 heteroatoms. The Balaban J connectivity index is 1.94. The number of nitrogens with zero attached hydrogens (tertiary/aromatic N) is 6. The van der Waals surface area contributed by atoms with Crippen LogP contribution < -0.4 is 15.0 Å². The van der Waals surface area contributed by atoms with Crippen LogP contribution in [-0.4, -0.2) is 57.0 Å². The molecular weight excluding hydrogens is 342 g/mol. The van der Waals surface area contributed by atoms with Crippen molar-refractivity contribution in [2.75, 3.05) is 18.6 Å². The first-order valence-electron chi connectivity index (χ1n) is 7.68. The fourth-order valence-corrected chi connectivity index (χ4v) is 2.61. The van der Waals surface area contributed by atoms with Gasteiger partial charge >= 0.3 is 6.09 Å². The lowest BCUT2D eigenvalue weighted by Gasteiger charge is -2.19. The number of nitrogens with one attached hydrogen (secondary N) is 1. The summed E-state index contributed by atoms with van der Waals surface area (Å²) in [5.41, 5.74) is 1.11. The van der Waals surface area contributed by atoms with Crippen molar-refractivity contribution in [3.8, 4) is 23.2 Å². The van der Waals surface area contributed by atoms with E-state index >= 15 is 0 Å². The zero-order valence-corrected chi connectivity index (χ0v) is 13.8. The van der Waals surface area contributed by atoms with Gasteiger partial charge in [0.05, 0.1) is 24.7 Å². The number of hydrogen-bond acceptors (Lipinski definition) is 7. The number of hydrogen-bond donors (Lipinski definition) is 2. The number of benzene rings is 1. The molecule has 3 rings (SSSR count). The number of likely N-dealkylation sites (N-methyl/N-ethyl adjacent to an activating group) is 1. The molecule has 0 saturated carbocycles. The monoisotopic (exact) mass is 357 g/mol. The lowest BCUT2D eigenvalue weighted by Crippen LogP contribution is -2.48. The Kier molecular flexibility index (Phi) is 4.66. The Morgan fingerprint density at radius 3 is 3.08 bits per heavy atom. The van der Waals surface area contributed by atoms with Crippen molar-refractivity contribution in [3.05, 3.63) is 18.2 Å². The smallest absolute Gasteiger partial charge is 0.405 e. The predicted molar refractivity (Wildman–Crippen MR) is 87.3 cm³/mol. The van der Waals surface area contributed by atoms with E-state index in [4.69, 9.17) is 15.1 Å². The molecule has 1 aliphatic rings. The van der Waals surface area contributed by atoms with Gasteiger partial charge in [0, 0.05) is 12.6 Å². The average Bonchev–Trinajstić information content (AvgIpc) is 3.06. The number of amides is 2. The molecule has 1 aliphatic heterocycles. The Labute approximate surface area is 147 Å². The maximum Gasteiger partial charge on any atom is 0.405 e. The van der Waals surface area contributed by atoms with Gasteiger partial charge in [0.1, 0.15) is 18.4 Å². The van der Waals surface area contributed by atoms with Crippen LogP contribution in [0, 0.1) is 11.3 Å². The molecule has 1 aromatic carbocycles. The number of rotatable bonds is 4. The molecule has 2 aromatic rings. The molecule has 0 aliphatic carbocycles. The van der Waals surface area contributed by atoms with Crippen LogP contribution in [0.4, 0.5) is 10.5 Å². The molecule has 1 atom stereocenters. The zero-order chi connectivity index (χ0) is 18.7. The van der Waals surface area contributed by atoms with Gasteiger partial charge in [-0.1, -0.05) is 0 Å². The van der Waals surface area contributed by atoms with Crippen LogP contribution in [0.2, 0.25) is 0 Å². The maximum atomic E-state index is 12.5. The zero-order valence-electron chi connectivity index (χ0n) is 13.8. The highest BCUT2D eigenvalue weighted by Gasteiger charge is 2.31.